The number of carbonyl (C=O) groups excluding carboxylic acids is 3. The van der Waals surface area contributed by atoms with Gasteiger partial charge in [-0.15, -0.1) is 0 Å². The summed E-state index contributed by atoms with van der Waals surface area (Å²) in [4.78, 5) is 76.5. The molecule has 22 heteroatoms. The quantitative estimate of drug-likeness (QED) is 0.0223. The van der Waals surface area contributed by atoms with Crippen molar-refractivity contribution in [2.75, 3.05) is 61.4 Å². The monoisotopic (exact) mass is 1190 g/mol. The molecule has 6 aromatic rings. The minimum Gasteiger partial charge on any atom is -0.481 e. The predicted molar refractivity (Wildman–Crippen MR) is 331 cm³/mol. The summed E-state index contributed by atoms with van der Waals surface area (Å²) in [6.45, 7) is 14.5. The first-order valence-corrected chi connectivity index (χ1v) is 30.8. The van der Waals surface area contributed by atoms with Crippen LogP contribution in [0, 0.1) is 29.1 Å². The molecule has 4 bridgehead atoms. The molecule has 10 N–H and O–H groups in total. The number of hydrogen-bond acceptors (Lipinski definition) is 15. The topological polar surface area (TPSA) is 295 Å². The van der Waals surface area contributed by atoms with E-state index < -0.39 is 29.7 Å². The van der Waals surface area contributed by atoms with Gasteiger partial charge in [-0.1, -0.05) is 75.4 Å². The number of benzene rings is 3. The number of para-hydroxylation sites is 1. The van der Waals surface area contributed by atoms with E-state index in [1.54, 1.807) is 6.20 Å². The summed E-state index contributed by atoms with van der Waals surface area (Å²) in [5.74, 6) is -1.60. The van der Waals surface area contributed by atoms with Crippen molar-refractivity contribution >= 4 is 68.2 Å². The van der Waals surface area contributed by atoms with Crippen molar-refractivity contribution in [1.82, 2.24) is 35.3 Å². The number of carboxylic acid groups (broad SMARTS) is 2. The van der Waals surface area contributed by atoms with E-state index in [9.17, 15) is 34.2 Å². The number of carboxylic acids is 2. The van der Waals surface area contributed by atoms with E-state index in [-0.39, 0.29) is 72.7 Å². The molecule has 4 aliphatic carbocycles. The summed E-state index contributed by atoms with van der Waals surface area (Å²) in [6, 6.07) is 24.3. The Bertz CT molecular complexity index is 3410. The molecule has 21 nitrogen and oxygen atoms in total. The lowest BCUT2D eigenvalue weighted by Crippen LogP contribution is -2.64. The number of nitrogens with two attached hydrogens (primary N) is 2. The van der Waals surface area contributed by atoms with Gasteiger partial charge in [0.1, 0.15) is 12.4 Å². The number of aliphatic carboxylic acids is 1. The molecule has 1 aliphatic heterocycles. The van der Waals surface area contributed by atoms with Crippen LogP contribution in [0.3, 0.4) is 0 Å². The molecule has 0 saturated heterocycles. The van der Waals surface area contributed by atoms with Crippen molar-refractivity contribution in [1.29, 1.82) is 0 Å². The third kappa shape index (κ3) is 14.4. The fourth-order valence-corrected chi connectivity index (χ4v) is 15.8. The van der Waals surface area contributed by atoms with Crippen molar-refractivity contribution in [2.45, 2.75) is 136 Å². The highest BCUT2D eigenvalue weighted by molar-refractivity contribution is 7.22. The number of amides is 4. The molecule has 5 aliphatic rings. The molecule has 0 spiro atoms. The number of thiazole rings is 1. The van der Waals surface area contributed by atoms with E-state index in [1.165, 1.54) is 16.2 Å². The van der Waals surface area contributed by atoms with Gasteiger partial charge in [-0.25, -0.2) is 24.4 Å². The zero-order valence-corrected chi connectivity index (χ0v) is 50.8. The van der Waals surface area contributed by atoms with E-state index in [1.807, 2.05) is 95.4 Å². The van der Waals surface area contributed by atoms with Gasteiger partial charge in [0.05, 0.1) is 35.0 Å². The van der Waals surface area contributed by atoms with Crippen LogP contribution in [0.5, 0.6) is 0 Å². The normalized spacial score (nSPS) is 21.9. The summed E-state index contributed by atoms with van der Waals surface area (Å²) in [6.07, 6.45) is 8.60. The highest BCUT2D eigenvalue weighted by Crippen LogP contribution is 2.72. The summed E-state index contributed by atoms with van der Waals surface area (Å²) >= 11 is 1.42. The first-order valence-electron chi connectivity index (χ1n) is 30.0. The maximum atomic E-state index is 13.8. The third-order valence-corrected chi connectivity index (χ3v) is 18.9. The second-order valence-corrected chi connectivity index (χ2v) is 26.7. The summed E-state index contributed by atoms with van der Waals surface area (Å²) in [5, 5.41) is 38.5. The Morgan fingerprint density at radius 1 is 0.872 bits per heavy atom. The number of fused-ring (bicyclic) bond motifs is 2. The summed E-state index contributed by atoms with van der Waals surface area (Å²) < 4.78 is 15.8. The molecule has 2 unspecified atom stereocenters. The van der Waals surface area contributed by atoms with Crippen LogP contribution in [-0.4, -0.2) is 128 Å². The fourth-order valence-electron chi connectivity index (χ4n) is 14.9. The SMILES string of the molecule is Cc1c(-c2ccc(N3CCc4cccc(C(=O)Nc5nc6ccccc6s5)c4C3)nc2C(=O)O)cnn1CC12CC3(C)CC(C)(C1)CC(OCCN(CCC(=O)O)C(=O)OCc1ccc(NC[C@H](CCCNC(N)=O)NC[C@@H](N)C(C)C)cc1)(C3)C2. The summed E-state index contributed by atoms with van der Waals surface area (Å²) in [7, 11) is 0. The molecular formula is C64H82N12O9S. The van der Waals surface area contributed by atoms with Gasteiger partial charge in [-0.05, 0) is 146 Å². The number of urea groups is 1. The molecule has 3 aromatic heterocycles. The number of aromatic carboxylic acids is 1. The van der Waals surface area contributed by atoms with Gasteiger partial charge in [0.25, 0.3) is 5.91 Å². The molecular weight excluding hydrogens is 1110 g/mol. The van der Waals surface area contributed by atoms with E-state index >= 15 is 0 Å². The number of anilines is 3. The number of pyridine rings is 1. The lowest BCUT2D eigenvalue weighted by Gasteiger charge is -2.69. The highest BCUT2D eigenvalue weighted by atomic mass is 32.1. The molecule has 11 rings (SSSR count). The van der Waals surface area contributed by atoms with Crippen LogP contribution in [-0.2, 0) is 40.4 Å². The van der Waals surface area contributed by atoms with Gasteiger partial charge in [-0.3, -0.25) is 19.6 Å². The maximum absolute atomic E-state index is 13.8. The van der Waals surface area contributed by atoms with Crippen molar-refractivity contribution < 1.29 is 43.7 Å². The Morgan fingerprint density at radius 2 is 1.64 bits per heavy atom. The number of nitrogens with one attached hydrogen (secondary N) is 4. The van der Waals surface area contributed by atoms with E-state index in [0.29, 0.717) is 79.2 Å². The Morgan fingerprint density at radius 3 is 2.36 bits per heavy atom. The number of rotatable bonds is 27. The molecule has 0 radical (unpaired) electrons. The number of nitrogens with zero attached hydrogens (tertiary/aromatic N) is 6. The third-order valence-electron chi connectivity index (χ3n) is 18.0. The molecule has 4 saturated carbocycles. The fraction of sp³-hybridized carbons (Fsp3) is 0.500. The van der Waals surface area contributed by atoms with Crippen molar-refractivity contribution in [3.63, 3.8) is 0 Å². The molecule has 4 amide bonds. The Kier molecular flexibility index (Phi) is 18.4. The smallest absolute Gasteiger partial charge is 0.410 e. The van der Waals surface area contributed by atoms with Crippen LogP contribution in [0.2, 0.25) is 0 Å². The Hall–Kier alpha value is -7.66. The van der Waals surface area contributed by atoms with Gasteiger partial charge in [0, 0.05) is 92.5 Å². The first-order chi connectivity index (χ1) is 41.1. The standard InChI is InChI=1S/C64H82N12O9S/c1-40(2)50(65)30-69-45(11-9-23-67-58(66)82)28-68-44-17-15-42(16-18-44)32-84-60(83)74(25-22-54(77)78)26-27-85-64-36-61(4)33-62(5,37-64)35-63(34-61,38-64)39-76-41(3)48(29-70-76)46-19-20-53(72-55(46)57(80)81)75-24-21-43-10-8-12-47(49(43)31-75)56(79)73-59-71-51-13-6-7-14-52(51)86-59/h6-8,10,12-20,29,40,45,50,68-69H,9,11,21-28,30-39,65H2,1-5H3,(H,77,78)(H,80,81)(H3,66,67,82)(H,71,73,79)/t45-,50+,61?,62?,63?,64?/m0/s1. The Labute approximate surface area is 506 Å². The molecule has 458 valence electrons. The summed E-state index contributed by atoms with van der Waals surface area (Å²) in [5.41, 5.74) is 17.7. The van der Waals surface area contributed by atoms with Gasteiger partial charge in [0.15, 0.2) is 10.8 Å². The molecule has 4 heterocycles. The minimum atomic E-state index is -1.15. The average molecular weight is 1200 g/mol. The van der Waals surface area contributed by atoms with Crippen LogP contribution in [0.4, 0.5) is 26.2 Å². The van der Waals surface area contributed by atoms with Crippen LogP contribution in [0.25, 0.3) is 21.3 Å². The second-order valence-electron chi connectivity index (χ2n) is 25.7. The van der Waals surface area contributed by atoms with Gasteiger partial charge >= 0.3 is 24.1 Å². The minimum absolute atomic E-state index is 0.000643. The predicted octanol–water partition coefficient (Wildman–Crippen LogP) is 9.43. The zero-order chi connectivity index (χ0) is 61.0. The molecule has 4 fully saturated rings. The maximum Gasteiger partial charge on any atom is 0.410 e. The van der Waals surface area contributed by atoms with Crippen LogP contribution in [0.1, 0.15) is 129 Å². The van der Waals surface area contributed by atoms with E-state index in [0.717, 1.165) is 89.7 Å². The second kappa shape index (κ2) is 25.7. The number of aromatic nitrogens is 4. The van der Waals surface area contributed by atoms with Crippen molar-refractivity contribution in [3.05, 3.63) is 119 Å². The number of ether oxygens (including phenoxy) is 2. The largest absolute Gasteiger partial charge is 0.481 e. The lowest BCUT2D eigenvalue weighted by molar-refractivity contribution is -0.248. The first kappa shape index (κ1) is 61.4. The van der Waals surface area contributed by atoms with E-state index in [2.05, 4.69) is 53.9 Å². The van der Waals surface area contributed by atoms with Crippen LogP contribution in [0.15, 0.2) is 85.1 Å². The van der Waals surface area contributed by atoms with Crippen LogP contribution < -0.4 is 37.6 Å². The van der Waals surface area contributed by atoms with E-state index in [4.69, 9.17) is 31.0 Å². The number of hydrogen-bond donors (Lipinski definition) is 8. The average Bonchev–Trinajstić information content (AvgIpc) is 0.904. The van der Waals surface area contributed by atoms with Gasteiger partial charge in [0.2, 0.25) is 0 Å². The molecule has 4 atom stereocenters. The Balaban J connectivity index is 0.770. The lowest BCUT2D eigenvalue weighted by atomic mass is 9.39. The van der Waals surface area contributed by atoms with Crippen molar-refractivity contribution in [3.8, 4) is 11.1 Å². The molecule has 3 aromatic carbocycles. The van der Waals surface area contributed by atoms with Crippen molar-refractivity contribution in [2.24, 2.45) is 33.6 Å². The van der Waals surface area contributed by atoms with Gasteiger partial charge in [-0.2, -0.15) is 5.10 Å². The number of carbonyl (C=O) groups is 5. The van der Waals surface area contributed by atoms with Gasteiger partial charge < -0.3 is 56.9 Å². The van der Waals surface area contributed by atoms with Crippen LogP contribution >= 0.6 is 11.3 Å². The molecule has 86 heavy (non-hydrogen) atoms. The zero-order valence-electron chi connectivity index (χ0n) is 50.0. The number of primary amides is 1. The highest BCUT2D eigenvalue weighted by Gasteiger charge is 2.66.